The normalized spacial score (nSPS) is 4.50. The molecule has 0 N–H and O–H groups in total. The predicted molar refractivity (Wildman–Crippen MR) is 19.5 cm³/mol. The molecule has 0 saturated heterocycles. The molecule has 4 heavy (non-hydrogen) atoms. The van der Waals surface area contributed by atoms with Gasteiger partial charge in [-0.15, -0.1) is 0 Å². The first-order valence-electron chi connectivity index (χ1n) is 0.974. The molecule has 0 heterocycles. The van der Waals surface area contributed by atoms with E-state index in [1.807, 2.05) is 6.92 Å². The van der Waals surface area contributed by atoms with Crippen LogP contribution < -0.4 is 0 Å². The van der Waals surface area contributed by atoms with E-state index in [1.54, 1.807) is 0 Å². The Balaban J connectivity index is 0. The summed E-state index contributed by atoms with van der Waals surface area (Å²) in [6.07, 6.45) is 0. The average Bonchev–Trinajstić information content (AvgIpc) is 0.918. The van der Waals surface area contributed by atoms with Gasteiger partial charge in [0.25, 0.3) is 0 Å². The van der Waals surface area contributed by atoms with Gasteiger partial charge in [-0.1, -0.05) is 22.9 Å². The van der Waals surface area contributed by atoms with E-state index in [1.165, 1.54) is 0 Å². The van der Waals surface area contributed by atoms with Crippen molar-refractivity contribution < 1.29 is 19.5 Å². The van der Waals surface area contributed by atoms with Crippen LogP contribution >= 0.6 is 15.9 Å². The summed E-state index contributed by atoms with van der Waals surface area (Å²) < 4.78 is 0. The van der Waals surface area contributed by atoms with Gasteiger partial charge in [0, 0.05) is 24.8 Å². The molecule has 0 fully saturated rings. The SMILES string of the molecule is CCBr.[Zn]. The predicted octanol–water partition coefficient (Wildman–Crippen LogP) is 1.40. The van der Waals surface area contributed by atoms with E-state index in [0.29, 0.717) is 0 Å². The van der Waals surface area contributed by atoms with Crippen molar-refractivity contribution in [1.29, 1.82) is 0 Å². The van der Waals surface area contributed by atoms with Crippen molar-refractivity contribution in [3.63, 3.8) is 0 Å². The molecule has 0 rings (SSSR count). The Bertz CT molecular complexity index is 6.00. The molecule has 0 aliphatic heterocycles. The Hall–Kier alpha value is 1.10. The molecule has 0 unspecified atom stereocenters. The van der Waals surface area contributed by atoms with E-state index < -0.39 is 0 Å². The van der Waals surface area contributed by atoms with Gasteiger partial charge in [0.05, 0.1) is 0 Å². The molecule has 0 aromatic heterocycles. The van der Waals surface area contributed by atoms with E-state index in [9.17, 15) is 0 Å². The molecule has 0 aliphatic rings. The first-order chi connectivity index (χ1) is 1.41. The summed E-state index contributed by atoms with van der Waals surface area (Å²) in [6.45, 7) is 2.04. The minimum atomic E-state index is 0. The van der Waals surface area contributed by atoms with Crippen molar-refractivity contribution in [3.05, 3.63) is 0 Å². The van der Waals surface area contributed by atoms with Gasteiger partial charge in [-0.25, -0.2) is 0 Å². The second-order valence-corrected chi connectivity index (χ2v) is 1.39. The third kappa shape index (κ3) is 11.3. The first kappa shape index (κ1) is 8.92. The topological polar surface area (TPSA) is 0 Å². The minimum Gasteiger partial charge on any atom is -0.0931 e. The van der Waals surface area contributed by atoms with Crippen molar-refractivity contribution in [2.75, 3.05) is 5.33 Å². The molecule has 0 nitrogen and oxygen atoms in total. The van der Waals surface area contributed by atoms with Gasteiger partial charge in [-0.3, -0.25) is 0 Å². The Labute approximate surface area is 47.9 Å². The standard InChI is InChI=1S/C2H5Br.Zn/c1-2-3;/h2H2,1H3;. The van der Waals surface area contributed by atoms with Gasteiger partial charge in [0.1, 0.15) is 0 Å². The van der Waals surface area contributed by atoms with E-state index in [2.05, 4.69) is 15.9 Å². The fourth-order valence-corrected chi connectivity index (χ4v) is 0. The van der Waals surface area contributed by atoms with Crippen molar-refractivity contribution in [2.24, 2.45) is 0 Å². The number of rotatable bonds is 0. The minimum absolute atomic E-state index is 0. The van der Waals surface area contributed by atoms with Gasteiger partial charge in [0.2, 0.25) is 0 Å². The van der Waals surface area contributed by atoms with Crippen LogP contribution in [0.3, 0.4) is 0 Å². The third-order valence-electron chi connectivity index (χ3n) is 0. The van der Waals surface area contributed by atoms with Crippen LogP contribution in [0.5, 0.6) is 0 Å². The zero-order valence-electron chi connectivity index (χ0n) is 2.79. The largest absolute Gasteiger partial charge is 0.0931 e. The third-order valence-corrected chi connectivity index (χ3v) is 0. The molecule has 0 aromatic carbocycles. The number of alkyl halides is 1. The number of hydrogen-bond donors (Lipinski definition) is 0. The molecule has 0 aliphatic carbocycles. The van der Waals surface area contributed by atoms with Crippen molar-refractivity contribution in [2.45, 2.75) is 6.92 Å². The van der Waals surface area contributed by atoms with Crippen LogP contribution in [0.1, 0.15) is 6.92 Å². The molecule has 0 atom stereocenters. The maximum Gasteiger partial charge on any atom is 0.000281 e. The van der Waals surface area contributed by atoms with E-state index in [0.717, 1.165) is 5.33 Å². The molecule has 0 bridgehead atoms. The molecule has 0 aromatic rings. The molecule has 0 amide bonds. The maximum absolute atomic E-state index is 3.15. The van der Waals surface area contributed by atoms with Crippen molar-refractivity contribution in [3.8, 4) is 0 Å². The molecule has 2 heteroatoms. The molecule has 22 valence electrons. The van der Waals surface area contributed by atoms with Crippen molar-refractivity contribution >= 4 is 15.9 Å². The maximum atomic E-state index is 3.15. The van der Waals surface area contributed by atoms with E-state index in [4.69, 9.17) is 0 Å². The molecule has 0 saturated carbocycles. The molecular formula is C2H5BrZn. The summed E-state index contributed by atoms with van der Waals surface area (Å²) in [5, 5.41) is 1.06. The van der Waals surface area contributed by atoms with E-state index >= 15 is 0 Å². The summed E-state index contributed by atoms with van der Waals surface area (Å²) in [7, 11) is 0. The van der Waals surface area contributed by atoms with Crippen LogP contribution in [-0.2, 0) is 19.5 Å². The van der Waals surface area contributed by atoms with Crippen LogP contribution in [0, 0.1) is 0 Å². The van der Waals surface area contributed by atoms with Crippen molar-refractivity contribution in [1.82, 2.24) is 0 Å². The van der Waals surface area contributed by atoms with Gasteiger partial charge >= 0.3 is 0 Å². The smallest absolute Gasteiger partial charge is 0.000281 e. The summed E-state index contributed by atoms with van der Waals surface area (Å²) >= 11 is 3.15. The summed E-state index contributed by atoms with van der Waals surface area (Å²) in [5.74, 6) is 0. The zero-order chi connectivity index (χ0) is 2.71. The fourth-order valence-electron chi connectivity index (χ4n) is 0. The summed E-state index contributed by atoms with van der Waals surface area (Å²) in [6, 6.07) is 0. The second kappa shape index (κ2) is 8.93. The first-order valence-corrected chi connectivity index (χ1v) is 2.10. The Kier molecular flexibility index (Phi) is 19.9. The van der Waals surface area contributed by atoms with Gasteiger partial charge < -0.3 is 0 Å². The molecule has 0 spiro atoms. The van der Waals surface area contributed by atoms with Crippen LogP contribution in [-0.4, -0.2) is 5.33 Å². The Morgan fingerprint density at radius 2 is 1.75 bits per heavy atom. The Morgan fingerprint density at radius 1 is 1.75 bits per heavy atom. The zero-order valence-corrected chi connectivity index (χ0v) is 7.35. The van der Waals surface area contributed by atoms with Crippen LogP contribution in [0.2, 0.25) is 0 Å². The average molecular weight is 174 g/mol. The summed E-state index contributed by atoms with van der Waals surface area (Å²) in [5.41, 5.74) is 0. The van der Waals surface area contributed by atoms with Gasteiger partial charge in [-0.2, -0.15) is 0 Å². The van der Waals surface area contributed by atoms with Crippen LogP contribution in [0.25, 0.3) is 0 Å². The van der Waals surface area contributed by atoms with Crippen LogP contribution in [0.4, 0.5) is 0 Å². The van der Waals surface area contributed by atoms with Gasteiger partial charge in [-0.05, 0) is 0 Å². The second-order valence-electron chi connectivity index (χ2n) is 0.267. The molecular weight excluding hydrogens is 169 g/mol. The van der Waals surface area contributed by atoms with Gasteiger partial charge in [0.15, 0.2) is 0 Å². The monoisotopic (exact) mass is 172 g/mol. The Morgan fingerprint density at radius 3 is 1.75 bits per heavy atom. The number of hydrogen-bond acceptors (Lipinski definition) is 0. The fraction of sp³-hybridized carbons (Fsp3) is 1.00. The summed E-state index contributed by atoms with van der Waals surface area (Å²) in [4.78, 5) is 0. The molecule has 0 radical (unpaired) electrons. The number of halogens is 1. The quantitative estimate of drug-likeness (QED) is 0.385. The van der Waals surface area contributed by atoms with Crippen LogP contribution in [0.15, 0.2) is 0 Å². The van der Waals surface area contributed by atoms with E-state index in [-0.39, 0.29) is 19.5 Å².